The van der Waals surface area contributed by atoms with Crippen LogP contribution >= 0.6 is 0 Å². The number of benzene rings is 3. The summed E-state index contributed by atoms with van der Waals surface area (Å²) >= 11 is 0. The molecule has 45 heavy (non-hydrogen) atoms. The zero-order valence-electron chi connectivity index (χ0n) is 26.0. The van der Waals surface area contributed by atoms with Crippen molar-refractivity contribution < 1.29 is 38.7 Å². The number of hydrogen-bond acceptors (Lipinski definition) is 8. The molecule has 240 valence electrons. The van der Waals surface area contributed by atoms with Crippen molar-refractivity contribution in [3.63, 3.8) is 0 Å². The predicted octanol–water partition coefficient (Wildman–Crippen LogP) is 5.24. The van der Waals surface area contributed by atoms with E-state index in [0.717, 1.165) is 47.7 Å². The summed E-state index contributed by atoms with van der Waals surface area (Å²) in [5.41, 5.74) is 5.78. The zero-order chi connectivity index (χ0) is 31.9. The lowest BCUT2D eigenvalue weighted by molar-refractivity contribution is -0.276. The fourth-order valence-corrected chi connectivity index (χ4v) is 6.03. The highest BCUT2D eigenvalue weighted by molar-refractivity contribution is 5.90. The highest BCUT2D eigenvalue weighted by atomic mass is 16.7. The van der Waals surface area contributed by atoms with Gasteiger partial charge in [-0.2, -0.15) is 0 Å². The van der Waals surface area contributed by atoms with Crippen LogP contribution in [0.3, 0.4) is 0 Å². The van der Waals surface area contributed by atoms with E-state index in [-0.39, 0.29) is 49.9 Å². The van der Waals surface area contributed by atoms with E-state index in [2.05, 4.69) is 29.3 Å². The smallest absolute Gasteiger partial charge is 0.303 e. The molecule has 3 N–H and O–H groups in total. The molecule has 10 heteroatoms. The molecule has 4 atom stereocenters. The third-order valence-electron chi connectivity index (χ3n) is 8.62. The van der Waals surface area contributed by atoms with E-state index >= 15 is 0 Å². The molecule has 3 aromatic carbocycles. The molecule has 10 nitrogen and oxygen atoms in total. The van der Waals surface area contributed by atoms with Crippen molar-refractivity contribution in [3.8, 4) is 11.5 Å². The highest BCUT2D eigenvalue weighted by Crippen LogP contribution is 2.42. The number of carboxylic acids is 1. The molecular formula is C35H42N2O8. The van der Waals surface area contributed by atoms with E-state index in [1.165, 1.54) is 11.1 Å². The molecular weight excluding hydrogens is 576 g/mol. The van der Waals surface area contributed by atoms with Gasteiger partial charge in [0.1, 0.15) is 0 Å². The van der Waals surface area contributed by atoms with Crippen LogP contribution in [0, 0.1) is 5.92 Å². The second-order valence-corrected chi connectivity index (χ2v) is 11.7. The van der Waals surface area contributed by atoms with Crippen molar-refractivity contribution >= 4 is 17.6 Å². The molecule has 1 amide bonds. The lowest BCUT2D eigenvalue weighted by Crippen LogP contribution is -2.45. The summed E-state index contributed by atoms with van der Waals surface area (Å²) in [6.07, 6.45) is 0.271. The molecule has 0 aromatic heterocycles. The summed E-state index contributed by atoms with van der Waals surface area (Å²) in [5.74, 6) is 0.361. The first-order chi connectivity index (χ1) is 21.8. The number of rotatable bonds is 12. The van der Waals surface area contributed by atoms with Gasteiger partial charge in [0, 0.05) is 49.6 Å². The molecule has 0 aliphatic carbocycles. The van der Waals surface area contributed by atoms with Crippen molar-refractivity contribution in [2.24, 2.45) is 5.92 Å². The number of methoxy groups -OCH3 is 2. The van der Waals surface area contributed by atoms with E-state index < -0.39 is 12.3 Å². The number of carboxylic acid groups (broad SMARTS) is 1. The average Bonchev–Trinajstić information content (AvgIpc) is 3.05. The van der Waals surface area contributed by atoms with E-state index in [1.807, 2.05) is 36.4 Å². The number of anilines is 1. The first-order valence-corrected chi connectivity index (χ1v) is 15.4. The van der Waals surface area contributed by atoms with Gasteiger partial charge in [-0.25, -0.2) is 0 Å². The Morgan fingerprint density at radius 1 is 0.933 bits per heavy atom. The number of amides is 1. The summed E-state index contributed by atoms with van der Waals surface area (Å²) in [4.78, 5) is 25.4. The van der Waals surface area contributed by atoms with Crippen LogP contribution in [-0.2, 0) is 38.6 Å². The van der Waals surface area contributed by atoms with Gasteiger partial charge in [0.25, 0.3) is 0 Å². The number of ether oxygens (including phenoxy) is 4. The number of carbonyl (C=O) groups is 2. The van der Waals surface area contributed by atoms with Crippen LogP contribution in [0.4, 0.5) is 5.69 Å². The fraction of sp³-hybridized carbons (Fsp3) is 0.429. The lowest BCUT2D eigenvalue weighted by atomic mass is 9.89. The second-order valence-electron chi connectivity index (χ2n) is 11.7. The summed E-state index contributed by atoms with van der Waals surface area (Å²) in [6, 6.07) is 19.4. The first kappa shape index (κ1) is 32.4. The third kappa shape index (κ3) is 8.01. The molecule has 0 saturated carbocycles. The van der Waals surface area contributed by atoms with Gasteiger partial charge in [0.2, 0.25) is 5.91 Å². The maximum absolute atomic E-state index is 12.3. The minimum Gasteiger partial charge on any atom is -0.493 e. The minimum atomic E-state index is -0.916. The molecule has 1 saturated heterocycles. The van der Waals surface area contributed by atoms with Gasteiger partial charge in [-0.3, -0.25) is 14.5 Å². The molecule has 3 aromatic rings. The Balaban J connectivity index is 1.32. The zero-order valence-corrected chi connectivity index (χ0v) is 26.0. The monoisotopic (exact) mass is 618 g/mol. The van der Waals surface area contributed by atoms with Crippen molar-refractivity contribution in [3.05, 3.63) is 88.5 Å². The van der Waals surface area contributed by atoms with Crippen LogP contribution < -0.4 is 14.8 Å². The largest absolute Gasteiger partial charge is 0.493 e. The molecule has 2 aliphatic rings. The quantitative estimate of drug-likeness (QED) is 0.250. The lowest BCUT2D eigenvalue weighted by Gasteiger charge is -2.43. The number of carbonyl (C=O) groups excluding carboxylic acids is 1. The highest BCUT2D eigenvalue weighted by Gasteiger charge is 2.39. The Bertz CT molecular complexity index is 1460. The normalized spacial score (nSPS) is 21.5. The first-order valence-electron chi connectivity index (χ1n) is 15.4. The number of nitrogens with zero attached hydrogens (tertiary/aromatic N) is 1. The average molecular weight is 619 g/mol. The summed E-state index contributed by atoms with van der Waals surface area (Å²) in [7, 11) is 3.31. The molecule has 0 spiro atoms. The van der Waals surface area contributed by atoms with Crippen molar-refractivity contribution in [1.82, 2.24) is 4.90 Å². The minimum absolute atomic E-state index is 0.0226. The Morgan fingerprint density at radius 3 is 2.24 bits per heavy atom. The summed E-state index contributed by atoms with van der Waals surface area (Å²) in [5, 5.41) is 21.2. The van der Waals surface area contributed by atoms with Gasteiger partial charge in [0.15, 0.2) is 17.8 Å². The molecule has 0 bridgehead atoms. The van der Waals surface area contributed by atoms with Crippen LogP contribution in [-0.4, -0.2) is 60.4 Å². The van der Waals surface area contributed by atoms with Gasteiger partial charge in [0.05, 0.1) is 33.0 Å². The van der Waals surface area contributed by atoms with Crippen molar-refractivity contribution in [2.45, 2.75) is 64.3 Å². The maximum atomic E-state index is 12.3. The van der Waals surface area contributed by atoms with E-state index in [4.69, 9.17) is 24.1 Å². The molecule has 1 fully saturated rings. The van der Waals surface area contributed by atoms with E-state index in [9.17, 15) is 14.7 Å². The number of nitrogens with one attached hydrogen (secondary N) is 1. The SMILES string of the molecule is COc1cc2c(cc1OC)CN(C[C@@H]1O[C@H](c3ccc(NC(=O)CCCC(=O)O)cc3)O[C@H](c3ccc(CO)cc3)[C@@H]1C)CC2. The van der Waals surface area contributed by atoms with Gasteiger partial charge in [-0.1, -0.05) is 43.3 Å². The van der Waals surface area contributed by atoms with Gasteiger partial charge >= 0.3 is 5.97 Å². The molecule has 0 radical (unpaired) electrons. The molecule has 0 unspecified atom stereocenters. The molecule has 2 heterocycles. The molecule has 2 aliphatic heterocycles. The van der Waals surface area contributed by atoms with Crippen molar-refractivity contribution in [2.75, 3.05) is 32.6 Å². The molecule has 5 rings (SSSR count). The van der Waals surface area contributed by atoms with Crippen LogP contribution in [0.5, 0.6) is 11.5 Å². The van der Waals surface area contributed by atoms with Crippen LogP contribution in [0.25, 0.3) is 0 Å². The second kappa shape index (κ2) is 14.9. The maximum Gasteiger partial charge on any atom is 0.303 e. The van der Waals surface area contributed by atoms with E-state index in [1.54, 1.807) is 26.4 Å². The summed E-state index contributed by atoms with van der Waals surface area (Å²) in [6.45, 7) is 4.50. The Kier molecular flexibility index (Phi) is 10.7. The van der Waals surface area contributed by atoms with E-state index in [0.29, 0.717) is 12.2 Å². The van der Waals surface area contributed by atoms with Crippen molar-refractivity contribution in [1.29, 1.82) is 0 Å². The van der Waals surface area contributed by atoms with Gasteiger partial charge < -0.3 is 34.5 Å². The number of hydrogen-bond donors (Lipinski definition) is 3. The van der Waals surface area contributed by atoms with Gasteiger partial charge in [-0.05, 0) is 59.4 Å². The summed E-state index contributed by atoms with van der Waals surface area (Å²) < 4.78 is 24.3. The number of fused-ring (bicyclic) bond motifs is 1. The number of aliphatic hydroxyl groups is 1. The number of aliphatic hydroxyl groups excluding tert-OH is 1. The topological polar surface area (TPSA) is 127 Å². The Hall–Kier alpha value is -3.96. The van der Waals surface area contributed by atoms with Crippen LogP contribution in [0.2, 0.25) is 0 Å². The van der Waals surface area contributed by atoms with Crippen LogP contribution in [0.15, 0.2) is 60.7 Å². The Morgan fingerprint density at radius 2 is 1.60 bits per heavy atom. The Labute approximate surface area is 263 Å². The van der Waals surface area contributed by atoms with Crippen LogP contribution in [0.1, 0.15) is 66.4 Å². The predicted molar refractivity (Wildman–Crippen MR) is 168 cm³/mol. The third-order valence-corrected chi connectivity index (χ3v) is 8.62. The fourth-order valence-electron chi connectivity index (χ4n) is 6.03. The van der Waals surface area contributed by atoms with Gasteiger partial charge in [-0.15, -0.1) is 0 Å². The number of aliphatic carboxylic acids is 1. The standard InChI is InChI=1S/C35H42N2O8/c1-22-31(20-37-16-15-26-17-29(42-2)30(43-3)18-27(26)19-37)44-35(45-34(22)24-9-7-23(21-38)8-10-24)25-11-13-28(14-12-25)36-32(39)5-4-6-33(40)41/h7-14,17-18,22,31,34-35,38H,4-6,15-16,19-21H2,1-3H3,(H,36,39)(H,40,41)/t22-,31+,34+,35+/m1/s1.